The quantitative estimate of drug-likeness (QED) is 0.534. The molecule has 2 rings (SSSR count). The topological polar surface area (TPSA) is 55.4 Å². The highest BCUT2D eigenvalue weighted by molar-refractivity contribution is 6.02. The monoisotopic (exact) mass is 325 g/mol. The molecule has 122 valence electrons. The smallest absolute Gasteiger partial charge is 0.315 e. The zero-order chi connectivity index (χ0) is 17.4. The summed E-state index contributed by atoms with van der Waals surface area (Å²) in [6, 6.07) is 12.8. The second-order valence-electron chi connectivity index (χ2n) is 4.83. The van der Waals surface area contributed by atoms with Crippen LogP contribution in [0.1, 0.15) is 24.5 Å². The van der Waals surface area contributed by atoms with Gasteiger partial charge in [0.25, 0.3) is 0 Å². The van der Waals surface area contributed by atoms with E-state index in [1.165, 1.54) is 12.1 Å². The third-order valence-corrected chi connectivity index (χ3v) is 3.00. The van der Waals surface area contributed by atoms with Crippen LogP contribution in [-0.4, -0.2) is 18.5 Å². The highest BCUT2D eigenvalue weighted by atomic mass is 19.1. The van der Waals surface area contributed by atoms with E-state index in [1.54, 1.807) is 43.3 Å². The van der Waals surface area contributed by atoms with Gasteiger partial charge < -0.3 is 10.1 Å². The number of para-hydroxylation sites is 1. The number of esters is 1. The van der Waals surface area contributed by atoms with Crippen molar-refractivity contribution in [3.05, 3.63) is 65.5 Å². The lowest BCUT2D eigenvalue weighted by Crippen LogP contribution is -2.18. The summed E-state index contributed by atoms with van der Waals surface area (Å²) in [6.45, 7) is 1.90. The Morgan fingerprint density at radius 1 is 1.08 bits per heavy atom. The Morgan fingerprint density at radius 2 is 1.79 bits per heavy atom. The molecule has 2 aromatic carbocycles. The van der Waals surface area contributed by atoms with Gasteiger partial charge in [-0.25, -0.2) is 4.39 Å². The van der Waals surface area contributed by atoms with Crippen molar-refractivity contribution >= 4 is 17.6 Å². The second-order valence-corrected chi connectivity index (χ2v) is 4.83. The summed E-state index contributed by atoms with van der Waals surface area (Å²) < 4.78 is 17.6. The van der Waals surface area contributed by atoms with Gasteiger partial charge in [0.1, 0.15) is 12.2 Å². The zero-order valence-electron chi connectivity index (χ0n) is 13.1. The molecule has 0 heterocycles. The van der Waals surface area contributed by atoms with E-state index in [1.807, 2.05) is 0 Å². The highest BCUT2D eigenvalue weighted by Crippen LogP contribution is 2.14. The van der Waals surface area contributed by atoms with E-state index in [-0.39, 0.29) is 18.8 Å². The van der Waals surface area contributed by atoms with Crippen molar-refractivity contribution in [1.29, 1.82) is 0 Å². The molecule has 1 amide bonds. The summed E-state index contributed by atoms with van der Waals surface area (Å²) in [5.41, 5.74) is 1.75. The summed E-state index contributed by atoms with van der Waals surface area (Å²) in [6.07, 6.45) is -0.354. The Kier molecular flexibility index (Phi) is 6.09. The number of amides is 1. The Morgan fingerprint density at radius 3 is 2.50 bits per heavy atom. The molecule has 0 atom stereocenters. The number of nitrogens with one attached hydrogen (secondary N) is 1. The van der Waals surface area contributed by atoms with Crippen LogP contribution in [0.5, 0.6) is 0 Å². The molecular weight excluding hydrogens is 309 g/mol. The van der Waals surface area contributed by atoms with Gasteiger partial charge in [-0.15, -0.1) is 0 Å². The SMILES string of the molecule is CCOC(=O)CC(=O)Nc1ccccc1C#Cc1ccc(F)cc1. The van der Waals surface area contributed by atoms with Gasteiger partial charge >= 0.3 is 5.97 Å². The van der Waals surface area contributed by atoms with E-state index < -0.39 is 11.9 Å². The number of carbonyl (C=O) groups is 2. The minimum Gasteiger partial charge on any atom is -0.466 e. The first-order valence-corrected chi connectivity index (χ1v) is 7.40. The lowest BCUT2D eigenvalue weighted by molar-refractivity contribution is -0.145. The van der Waals surface area contributed by atoms with Crippen LogP contribution in [0.3, 0.4) is 0 Å². The normalized spacial score (nSPS) is 9.58. The fourth-order valence-electron chi connectivity index (χ4n) is 1.91. The van der Waals surface area contributed by atoms with Gasteiger partial charge in [0, 0.05) is 11.1 Å². The molecule has 4 nitrogen and oxygen atoms in total. The lowest BCUT2D eigenvalue weighted by Gasteiger charge is -2.07. The van der Waals surface area contributed by atoms with Crippen molar-refractivity contribution < 1.29 is 18.7 Å². The van der Waals surface area contributed by atoms with Crippen LogP contribution in [0.25, 0.3) is 0 Å². The summed E-state index contributed by atoms with van der Waals surface area (Å²) in [5, 5.41) is 2.64. The molecule has 0 aromatic heterocycles. The molecular formula is C19H16FNO3. The first kappa shape index (κ1) is 17.2. The zero-order valence-corrected chi connectivity index (χ0v) is 13.1. The number of hydrogen-bond donors (Lipinski definition) is 1. The van der Waals surface area contributed by atoms with Crippen molar-refractivity contribution in [2.24, 2.45) is 0 Å². The molecule has 0 aliphatic rings. The Labute approximate surface area is 139 Å². The van der Waals surface area contributed by atoms with E-state index in [0.717, 1.165) is 0 Å². The average molecular weight is 325 g/mol. The van der Waals surface area contributed by atoms with E-state index in [9.17, 15) is 14.0 Å². The maximum Gasteiger partial charge on any atom is 0.315 e. The van der Waals surface area contributed by atoms with Gasteiger partial charge in [-0.3, -0.25) is 9.59 Å². The summed E-state index contributed by atoms with van der Waals surface area (Å²) in [4.78, 5) is 23.2. The molecule has 5 heteroatoms. The predicted molar refractivity (Wildman–Crippen MR) is 88.7 cm³/mol. The number of hydrogen-bond acceptors (Lipinski definition) is 3. The van der Waals surface area contributed by atoms with Gasteiger partial charge in [0.15, 0.2) is 0 Å². The fraction of sp³-hybridized carbons (Fsp3) is 0.158. The molecule has 2 aromatic rings. The molecule has 0 radical (unpaired) electrons. The molecule has 0 spiro atoms. The van der Waals surface area contributed by atoms with Crippen LogP contribution < -0.4 is 5.32 Å². The first-order valence-electron chi connectivity index (χ1n) is 7.40. The molecule has 0 aliphatic heterocycles. The minimum atomic E-state index is -0.579. The van der Waals surface area contributed by atoms with E-state index in [4.69, 9.17) is 4.74 Å². The highest BCUT2D eigenvalue weighted by Gasteiger charge is 2.11. The van der Waals surface area contributed by atoms with Crippen LogP contribution >= 0.6 is 0 Å². The molecule has 0 fully saturated rings. The van der Waals surface area contributed by atoms with Crippen molar-refractivity contribution in [3.8, 4) is 11.8 Å². The van der Waals surface area contributed by atoms with E-state index in [0.29, 0.717) is 16.8 Å². The Balaban J connectivity index is 2.12. The van der Waals surface area contributed by atoms with Crippen LogP contribution in [-0.2, 0) is 14.3 Å². The standard InChI is InChI=1S/C19H16FNO3/c1-2-24-19(23)13-18(22)21-17-6-4-3-5-15(17)10-7-14-8-11-16(20)12-9-14/h3-6,8-9,11-12H,2,13H2,1H3,(H,21,22). The van der Waals surface area contributed by atoms with Gasteiger partial charge in [-0.2, -0.15) is 0 Å². The lowest BCUT2D eigenvalue weighted by atomic mass is 10.1. The fourth-order valence-corrected chi connectivity index (χ4v) is 1.91. The van der Waals surface area contributed by atoms with Gasteiger partial charge in [-0.05, 0) is 43.3 Å². The minimum absolute atomic E-state index is 0.228. The maximum absolute atomic E-state index is 12.9. The Hall–Kier alpha value is -3.13. The second kappa shape index (κ2) is 8.49. The largest absolute Gasteiger partial charge is 0.466 e. The van der Waals surface area contributed by atoms with Crippen LogP contribution in [0.4, 0.5) is 10.1 Å². The van der Waals surface area contributed by atoms with Gasteiger partial charge in [-0.1, -0.05) is 24.0 Å². The van der Waals surface area contributed by atoms with Crippen LogP contribution in [0, 0.1) is 17.7 Å². The maximum atomic E-state index is 12.9. The van der Waals surface area contributed by atoms with E-state index in [2.05, 4.69) is 17.2 Å². The summed E-state index contributed by atoms with van der Waals surface area (Å²) >= 11 is 0. The van der Waals surface area contributed by atoms with Gasteiger partial charge in [0.05, 0.1) is 12.3 Å². The molecule has 0 bridgehead atoms. The van der Waals surface area contributed by atoms with Crippen molar-refractivity contribution in [1.82, 2.24) is 0 Å². The molecule has 0 saturated carbocycles. The number of halogens is 1. The molecule has 0 aliphatic carbocycles. The number of ether oxygens (including phenoxy) is 1. The Bertz CT molecular complexity index is 788. The first-order chi connectivity index (χ1) is 11.6. The van der Waals surface area contributed by atoms with Crippen molar-refractivity contribution in [2.75, 3.05) is 11.9 Å². The van der Waals surface area contributed by atoms with Crippen molar-refractivity contribution in [3.63, 3.8) is 0 Å². The predicted octanol–water partition coefficient (Wildman–Crippen LogP) is 3.12. The third-order valence-electron chi connectivity index (χ3n) is 3.00. The van der Waals surface area contributed by atoms with Crippen LogP contribution in [0.2, 0.25) is 0 Å². The van der Waals surface area contributed by atoms with Gasteiger partial charge in [0.2, 0.25) is 5.91 Å². The third kappa shape index (κ3) is 5.25. The van der Waals surface area contributed by atoms with Crippen molar-refractivity contribution in [2.45, 2.75) is 13.3 Å². The number of rotatable bonds is 4. The number of anilines is 1. The van der Waals surface area contributed by atoms with Crippen LogP contribution in [0.15, 0.2) is 48.5 Å². The molecule has 0 unspecified atom stereocenters. The molecule has 0 saturated heterocycles. The number of benzene rings is 2. The average Bonchev–Trinajstić information content (AvgIpc) is 2.55. The molecule has 24 heavy (non-hydrogen) atoms. The van der Waals surface area contributed by atoms with E-state index >= 15 is 0 Å². The molecule has 1 N–H and O–H groups in total. The summed E-state index contributed by atoms with van der Waals surface area (Å²) in [7, 11) is 0. The summed E-state index contributed by atoms with van der Waals surface area (Å²) in [5.74, 6) is 4.46. The number of carbonyl (C=O) groups excluding carboxylic acids is 2.